The molecule has 19 heavy (non-hydrogen) atoms. The van der Waals surface area contributed by atoms with Crippen molar-refractivity contribution in [2.75, 3.05) is 6.61 Å². The minimum atomic E-state index is -4.25. The molecule has 0 radical (unpaired) electrons. The van der Waals surface area contributed by atoms with E-state index in [0.717, 1.165) is 0 Å². The van der Waals surface area contributed by atoms with Crippen LogP contribution in [0.3, 0.4) is 0 Å². The first-order chi connectivity index (χ1) is 8.92. The van der Waals surface area contributed by atoms with Crippen molar-refractivity contribution >= 4 is 41.0 Å². The second kappa shape index (κ2) is 5.59. The molecule has 2 heterocycles. The third-order valence-corrected chi connectivity index (χ3v) is 4.66. The molecule has 0 aromatic carbocycles. The van der Waals surface area contributed by atoms with Gasteiger partial charge in [0.05, 0.1) is 0 Å². The Morgan fingerprint density at radius 3 is 2.79 bits per heavy atom. The predicted molar refractivity (Wildman–Crippen MR) is 70.5 cm³/mol. The first kappa shape index (κ1) is 14.5. The molecule has 2 aromatic heterocycles. The van der Waals surface area contributed by atoms with Crippen LogP contribution in [-0.2, 0) is 0 Å². The molecule has 0 saturated heterocycles. The van der Waals surface area contributed by atoms with Crippen LogP contribution in [0.4, 0.5) is 13.2 Å². The summed E-state index contributed by atoms with van der Waals surface area (Å²) in [6.45, 7) is -0.383. The Bertz CT molecular complexity index is 669. The second-order valence-electron chi connectivity index (χ2n) is 3.48. The van der Waals surface area contributed by atoms with Crippen molar-refractivity contribution in [1.82, 2.24) is 4.40 Å². The van der Waals surface area contributed by atoms with Gasteiger partial charge in [-0.25, -0.2) is 0 Å². The molecule has 0 bridgehead atoms. The van der Waals surface area contributed by atoms with Crippen LogP contribution < -0.4 is 4.59 Å². The monoisotopic (exact) mass is 397 g/mol. The maximum atomic E-state index is 12.7. The van der Waals surface area contributed by atoms with E-state index in [1.165, 1.54) is 4.40 Å². The average Bonchev–Trinajstić information content (AvgIpc) is 2.65. The molecule has 7 heteroatoms. The Hall–Kier alpha value is -0.931. The fourth-order valence-electron chi connectivity index (χ4n) is 1.58. The van der Waals surface area contributed by atoms with Gasteiger partial charge in [-0.15, -0.1) is 0 Å². The summed E-state index contributed by atoms with van der Waals surface area (Å²) in [7, 11) is 0. The molecule has 0 spiro atoms. The van der Waals surface area contributed by atoms with Gasteiger partial charge in [-0.1, -0.05) is 0 Å². The molecule has 0 fully saturated rings. The number of fused-ring (bicyclic) bond motifs is 1. The van der Waals surface area contributed by atoms with E-state index >= 15 is 0 Å². The molecule has 2 rings (SSSR count). The summed E-state index contributed by atoms with van der Waals surface area (Å²) in [5.74, 6) is 4.97. The van der Waals surface area contributed by atoms with Gasteiger partial charge in [-0.3, -0.25) is 0 Å². The van der Waals surface area contributed by atoms with E-state index < -0.39 is 20.0 Å². The van der Waals surface area contributed by atoms with Crippen LogP contribution in [0.25, 0.3) is 5.52 Å². The fraction of sp³-hybridized carbons (Fsp3) is 0.167. The maximum absolute atomic E-state index is 12.7. The van der Waals surface area contributed by atoms with Gasteiger partial charge >= 0.3 is 122 Å². The van der Waals surface area contributed by atoms with Gasteiger partial charge < -0.3 is 0 Å². The van der Waals surface area contributed by atoms with Gasteiger partial charge in [-0.05, 0) is 0 Å². The predicted octanol–water partition coefficient (Wildman–Crippen LogP) is 1.89. The molecular formula is C12H7BrF3NOSe. The molecule has 0 aliphatic rings. The zero-order chi connectivity index (χ0) is 14.0. The van der Waals surface area contributed by atoms with Gasteiger partial charge in [0.25, 0.3) is 0 Å². The molecule has 1 N–H and O–H groups in total. The zero-order valence-electron chi connectivity index (χ0n) is 9.33. The summed E-state index contributed by atoms with van der Waals surface area (Å²) in [5.41, 5.74) is 0.934. The van der Waals surface area contributed by atoms with E-state index in [-0.39, 0.29) is 11.2 Å². The standard InChI is InChI=1S/C12H7BrF3NOSe/c13-9-4-1-5-17-10(9)7-8(3-2-6-18)11(17)19-12(14,15)16/h1,4-5,7,18H,6H2. The fourth-order valence-corrected chi connectivity index (χ4v) is 3.50. The SMILES string of the molecule is OCC#Cc1cc2c(Br)cccn2c1[Se]C(F)(F)F. The second-order valence-corrected chi connectivity index (χ2v) is 6.55. The quantitative estimate of drug-likeness (QED) is 0.577. The molecule has 0 unspecified atom stereocenters. The summed E-state index contributed by atoms with van der Waals surface area (Å²) in [5, 5.41) is 4.42. The van der Waals surface area contributed by atoms with Crippen LogP contribution in [0, 0.1) is 11.8 Å². The van der Waals surface area contributed by atoms with E-state index in [9.17, 15) is 13.2 Å². The first-order valence-electron chi connectivity index (χ1n) is 5.07. The van der Waals surface area contributed by atoms with Crippen molar-refractivity contribution in [3.63, 3.8) is 0 Å². The van der Waals surface area contributed by atoms with Gasteiger partial charge in [0.15, 0.2) is 0 Å². The van der Waals surface area contributed by atoms with Gasteiger partial charge in [0, 0.05) is 0 Å². The number of aliphatic hydroxyl groups excluding tert-OH is 1. The first-order valence-corrected chi connectivity index (χ1v) is 7.58. The van der Waals surface area contributed by atoms with E-state index in [1.54, 1.807) is 24.4 Å². The number of alkyl halides is 3. The molecule has 0 aliphatic heterocycles. The number of aromatic nitrogens is 1. The van der Waals surface area contributed by atoms with Gasteiger partial charge in [-0.2, -0.15) is 0 Å². The van der Waals surface area contributed by atoms with E-state index in [0.29, 0.717) is 15.6 Å². The van der Waals surface area contributed by atoms with Crippen molar-refractivity contribution in [1.29, 1.82) is 0 Å². The summed E-state index contributed by atoms with van der Waals surface area (Å²) in [6.07, 6.45) is 1.58. The van der Waals surface area contributed by atoms with Crippen LogP contribution >= 0.6 is 15.9 Å². The van der Waals surface area contributed by atoms with Crippen molar-refractivity contribution in [2.24, 2.45) is 0 Å². The Morgan fingerprint density at radius 1 is 1.42 bits per heavy atom. The molecule has 2 nitrogen and oxygen atoms in total. The summed E-state index contributed by atoms with van der Waals surface area (Å²) in [6, 6.07) is 5.01. The number of hydrogen-bond acceptors (Lipinski definition) is 1. The molecule has 0 atom stereocenters. The number of pyridine rings is 1. The normalized spacial score (nSPS) is 11.4. The number of nitrogens with zero attached hydrogens (tertiary/aromatic N) is 1. The molecule has 100 valence electrons. The van der Waals surface area contributed by atoms with Gasteiger partial charge in [0.1, 0.15) is 0 Å². The topological polar surface area (TPSA) is 24.6 Å². The Morgan fingerprint density at radius 2 is 2.16 bits per heavy atom. The van der Waals surface area contributed by atoms with Crippen LogP contribution in [0.1, 0.15) is 5.56 Å². The summed E-state index contributed by atoms with van der Waals surface area (Å²) >= 11 is 1.60. The van der Waals surface area contributed by atoms with Crippen LogP contribution in [0.5, 0.6) is 0 Å². The molecular weight excluding hydrogens is 390 g/mol. The summed E-state index contributed by atoms with van der Waals surface area (Å²) in [4.78, 5) is 0. The Labute approximate surface area is 121 Å². The van der Waals surface area contributed by atoms with Crippen LogP contribution in [0.2, 0.25) is 0 Å². The third kappa shape index (κ3) is 3.34. The van der Waals surface area contributed by atoms with Crippen molar-refractivity contribution in [2.45, 2.75) is 5.07 Å². The number of hydrogen-bond donors (Lipinski definition) is 1. The van der Waals surface area contributed by atoms with Crippen molar-refractivity contribution in [3.05, 3.63) is 34.4 Å². The van der Waals surface area contributed by atoms with Crippen LogP contribution in [-0.4, -0.2) is 36.1 Å². The number of halogens is 4. The van der Waals surface area contributed by atoms with E-state index in [2.05, 4.69) is 27.8 Å². The van der Waals surface area contributed by atoms with Crippen LogP contribution in [0.15, 0.2) is 28.9 Å². The molecule has 0 saturated carbocycles. The third-order valence-electron chi connectivity index (χ3n) is 2.23. The van der Waals surface area contributed by atoms with Crippen molar-refractivity contribution < 1.29 is 18.3 Å². The van der Waals surface area contributed by atoms with E-state index in [4.69, 9.17) is 5.11 Å². The van der Waals surface area contributed by atoms with Gasteiger partial charge in [0.2, 0.25) is 0 Å². The number of rotatable bonds is 1. The Balaban J connectivity index is 2.65. The molecule has 0 aliphatic carbocycles. The summed E-state index contributed by atoms with van der Waals surface area (Å²) < 4.78 is 40.3. The van der Waals surface area contributed by atoms with Crippen molar-refractivity contribution in [3.8, 4) is 11.8 Å². The minimum absolute atomic E-state index is 0.136. The number of aliphatic hydroxyl groups is 1. The Kier molecular flexibility index (Phi) is 4.26. The molecule has 2 aromatic rings. The average molecular weight is 397 g/mol. The molecule has 0 amide bonds. The van der Waals surface area contributed by atoms with E-state index in [1.807, 2.05) is 0 Å². The zero-order valence-corrected chi connectivity index (χ0v) is 12.6.